The molecule has 0 aromatic heterocycles. The maximum Gasteiger partial charge on any atom is 0.244 e. The van der Waals surface area contributed by atoms with Gasteiger partial charge in [-0.2, -0.15) is 0 Å². The van der Waals surface area contributed by atoms with Crippen LogP contribution in [0.3, 0.4) is 0 Å². The van der Waals surface area contributed by atoms with Crippen LogP contribution >= 0.6 is 0 Å². The number of nitrogens with one attached hydrogen (secondary N) is 2. The second-order valence-electron chi connectivity index (χ2n) is 4.74. The summed E-state index contributed by atoms with van der Waals surface area (Å²) in [7, 11) is 1.58. The number of carbonyl (C=O) groups excluding carboxylic acids is 2. The van der Waals surface area contributed by atoms with Crippen LogP contribution in [-0.4, -0.2) is 25.5 Å². The number of para-hydroxylation sites is 1. The van der Waals surface area contributed by atoms with Crippen molar-refractivity contribution >= 4 is 23.6 Å². The Hall–Kier alpha value is -3.08. The van der Waals surface area contributed by atoms with Crippen LogP contribution in [0.25, 0.3) is 6.08 Å². The quantitative estimate of drug-likeness (QED) is 0.805. The molecule has 5 nitrogen and oxygen atoms in total. The molecule has 0 spiro atoms. The number of ether oxygens (including phenoxy) is 1. The monoisotopic (exact) mass is 310 g/mol. The molecule has 0 fully saturated rings. The summed E-state index contributed by atoms with van der Waals surface area (Å²) in [5.74, 6) is 0.102. The zero-order chi connectivity index (χ0) is 16.5. The Morgan fingerprint density at radius 3 is 2.61 bits per heavy atom. The van der Waals surface area contributed by atoms with Gasteiger partial charge in [-0.3, -0.25) is 9.59 Å². The molecule has 0 aliphatic rings. The topological polar surface area (TPSA) is 67.4 Å². The van der Waals surface area contributed by atoms with Crippen molar-refractivity contribution in [1.29, 1.82) is 0 Å². The average molecular weight is 310 g/mol. The number of hydrogen-bond acceptors (Lipinski definition) is 3. The van der Waals surface area contributed by atoms with E-state index in [2.05, 4.69) is 10.6 Å². The van der Waals surface area contributed by atoms with Gasteiger partial charge in [-0.1, -0.05) is 30.3 Å². The molecular formula is C18H18N2O3. The fraction of sp³-hybridized carbons (Fsp3) is 0.111. The molecule has 5 heteroatoms. The number of benzene rings is 2. The van der Waals surface area contributed by atoms with Crippen molar-refractivity contribution in [1.82, 2.24) is 5.32 Å². The van der Waals surface area contributed by atoms with Gasteiger partial charge in [0.25, 0.3) is 0 Å². The molecule has 0 atom stereocenters. The Kier molecular flexibility index (Phi) is 5.94. The number of hydrogen-bond donors (Lipinski definition) is 2. The summed E-state index contributed by atoms with van der Waals surface area (Å²) in [6.07, 6.45) is 3.04. The lowest BCUT2D eigenvalue weighted by molar-refractivity contribution is -0.121. The molecule has 0 heterocycles. The van der Waals surface area contributed by atoms with Crippen molar-refractivity contribution in [3.05, 3.63) is 66.2 Å². The van der Waals surface area contributed by atoms with E-state index < -0.39 is 0 Å². The zero-order valence-corrected chi connectivity index (χ0v) is 12.8. The van der Waals surface area contributed by atoms with Gasteiger partial charge in [0.15, 0.2) is 0 Å². The highest BCUT2D eigenvalue weighted by atomic mass is 16.5. The normalized spacial score (nSPS) is 10.3. The third-order valence-corrected chi connectivity index (χ3v) is 3.00. The van der Waals surface area contributed by atoms with Gasteiger partial charge in [0, 0.05) is 11.8 Å². The molecule has 2 rings (SSSR count). The fourth-order valence-electron chi connectivity index (χ4n) is 1.87. The molecule has 0 saturated carbocycles. The van der Waals surface area contributed by atoms with Gasteiger partial charge >= 0.3 is 0 Å². The molecular weight excluding hydrogens is 292 g/mol. The minimum atomic E-state index is -0.337. The lowest BCUT2D eigenvalue weighted by atomic mass is 10.2. The Morgan fingerprint density at radius 1 is 1.09 bits per heavy atom. The van der Waals surface area contributed by atoms with Gasteiger partial charge in [-0.25, -0.2) is 0 Å². The van der Waals surface area contributed by atoms with Crippen LogP contribution in [0.15, 0.2) is 60.7 Å². The molecule has 2 N–H and O–H groups in total. The minimum Gasteiger partial charge on any atom is -0.497 e. The molecule has 0 aliphatic heterocycles. The molecule has 0 radical (unpaired) electrons. The van der Waals surface area contributed by atoms with E-state index in [0.717, 1.165) is 11.3 Å². The van der Waals surface area contributed by atoms with Gasteiger partial charge in [-0.05, 0) is 35.9 Å². The first-order valence-corrected chi connectivity index (χ1v) is 7.12. The molecule has 0 aliphatic carbocycles. The number of anilines is 1. The summed E-state index contributed by atoms with van der Waals surface area (Å²) in [6, 6.07) is 16.4. The largest absolute Gasteiger partial charge is 0.497 e. The summed E-state index contributed by atoms with van der Waals surface area (Å²) >= 11 is 0. The molecule has 2 amide bonds. The van der Waals surface area contributed by atoms with E-state index in [0.29, 0.717) is 5.69 Å². The minimum absolute atomic E-state index is 0.0871. The van der Waals surface area contributed by atoms with Crippen LogP contribution in [0.1, 0.15) is 5.56 Å². The van der Waals surface area contributed by atoms with E-state index in [9.17, 15) is 9.59 Å². The summed E-state index contributed by atoms with van der Waals surface area (Å²) < 4.78 is 5.11. The number of methoxy groups -OCH3 is 1. The van der Waals surface area contributed by atoms with Crippen molar-refractivity contribution in [2.75, 3.05) is 19.0 Å². The van der Waals surface area contributed by atoms with E-state index in [1.807, 2.05) is 42.5 Å². The Morgan fingerprint density at radius 2 is 1.87 bits per heavy atom. The first-order chi connectivity index (χ1) is 11.2. The molecule has 2 aromatic rings. The SMILES string of the molecule is COc1cccc(/C=C/C(=O)NCC(=O)Nc2ccccc2)c1. The van der Waals surface area contributed by atoms with Gasteiger partial charge < -0.3 is 15.4 Å². The molecule has 118 valence electrons. The smallest absolute Gasteiger partial charge is 0.244 e. The van der Waals surface area contributed by atoms with Crippen molar-refractivity contribution in [2.24, 2.45) is 0 Å². The predicted molar refractivity (Wildman–Crippen MR) is 90.1 cm³/mol. The zero-order valence-electron chi connectivity index (χ0n) is 12.8. The predicted octanol–water partition coefficient (Wildman–Crippen LogP) is 2.46. The Balaban J connectivity index is 1.80. The lowest BCUT2D eigenvalue weighted by Gasteiger charge is -2.05. The summed E-state index contributed by atoms with van der Waals surface area (Å²) in [6.45, 7) is -0.0871. The molecule has 2 aromatic carbocycles. The van der Waals surface area contributed by atoms with Gasteiger partial charge in [-0.15, -0.1) is 0 Å². The first-order valence-electron chi connectivity index (χ1n) is 7.12. The third-order valence-electron chi connectivity index (χ3n) is 3.00. The maximum absolute atomic E-state index is 11.7. The van der Waals surface area contributed by atoms with E-state index in [1.165, 1.54) is 6.08 Å². The average Bonchev–Trinajstić information content (AvgIpc) is 2.59. The summed E-state index contributed by atoms with van der Waals surface area (Å²) in [4.78, 5) is 23.4. The maximum atomic E-state index is 11.7. The fourth-order valence-corrected chi connectivity index (χ4v) is 1.87. The van der Waals surface area contributed by atoms with E-state index in [1.54, 1.807) is 25.3 Å². The van der Waals surface area contributed by atoms with Crippen LogP contribution in [-0.2, 0) is 9.59 Å². The van der Waals surface area contributed by atoms with E-state index >= 15 is 0 Å². The number of amides is 2. The van der Waals surface area contributed by atoms with Crippen LogP contribution in [0, 0.1) is 0 Å². The molecule has 23 heavy (non-hydrogen) atoms. The van der Waals surface area contributed by atoms with Gasteiger partial charge in [0.1, 0.15) is 5.75 Å². The van der Waals surface area contributed by atoms with Crippen LogP contribution in [0.2, 0.25) is 0 Å². The third kappa shape index (κ3) is 5.67. The molecule has 0 saturated heterocycles. The van der Waals surface area contributed by atoms with Crippen molar-refractivity contribution in [2.45, 2.75) is 0 Å². The summed E-state index contributed by atoms with van der Waals surface area (Å²) in [5.41, 5.74) is 1.53. The van der Waals surface area contributed by atoms with Gasteiger partial charge in [0.05, 0.1) is 13.7 Å². The Bertz CT molecular complexity index is 696. The standard InChI is InChI=1S/C18H18N2O3/c1-23-16-9-5-6-14(12-16)10-11-17(21)19-13-18(22)20-15-7-3-2-4-8-15/h2-12H,13H2,1H3,(H,19,21)(H,20,22)/b11-10+. The molecule has 0 unspecified atom stereocenters. The van der Waals surface area contributed by atoms with Crippen molar-refractivity contribution < 1.29 is 14.3 Å². The lowest BCUT2D eigenvalue weighted by Crippen LogP contribution is -2.31. The van der Waals surface area contributed by atoms with E-state index in [4.69, 9.17) is 4.74 Å². The van der Waals surface area contributed by atoms with Crippen molar-refractivity contribution in [3.8, 4) is 5.75 Å². The van der Waals surface area contributed by atoms with Crippen LogP contribution < -0.4 is 15.4 Å². The molecule has 0 bridgehead atoms. The summed E-state index contributed by atoms with van der Waals surface area (Å²) in [5, 5.41) is 5.22. The van der Waals surface area contributed by atoms with Crippen LogP contribution in [0.4, 0.5) is 5.69 Å². The van der Waals surface area contributed by atoms with Crippen LogP contribution in [0.5, 0.6) is 5.75 Å². The first kappa shape index (κ1) is 16.3. The van der Waals surface area contributed by atoms with Gasteiger partial charge in [0.2, 0.25) is 11.8 Å². The highest BCUT2D eigenvalue weighted by Gasteiger charge is 2.03. The van der Waals surface area contributed by atoms with E-state index in [-0.39, 0.29) is 18.4 Å². The Labute approximate surface area is 135 Å². The number of rotatable bonds is 6. The highest BCUT2D eigenvalue weighted by Crippen LogP contribution is 2.13. The second kappa shape index (κ2) is 8.38. The second-order valence-corrected chi connectivity index (χ2v) is 4.74. The van der Waals surface area contributed by atoms with Crippen molar-refractivity contribution in [3.63, 3.8) is 0 Å². The highest BCUT2D eigenvalue weighted by molar-refractivity contribution is 5.97. The number of carbonyl (C=O) groups is 2.